The molecule has 100 valence electrons. The van der Waals surface area contributed by atoms with Crippen LogP contribution in [0.5, 0.6) is 0 Å². The predicted octanol–water partition coefficient (Wildman–Crippen LogP) is 3.00. The Balaban J connectivity index is 2.22. The van der Waals surface area contributed by atoms with Gasteiger partial charge in [-0.15, -0.1) is 11.3 Å². The number of rotatable bonds is 3. The zero-order valence-electron chi connectivity index (χ0n) is 10.8. The van der Waals surface area contributed by atoms with Crippen molar-refractivity contribution in [3.63, 3.8) is 0 Å². The average Bonchev–Trinajstić information content (AvgIpc) is 2.95. The third-order valence-corrected chi connectivity index (χ3v) is 3.46. The smallest absolute Gasteiger partial charge is 0.350 e. The summed E-state index contributed by atoms with van der Waals surface area (Å²) in [6.45, 7) is 3.49. The second-order valence-corrected chi connectivity index (χ2v) is 4.85. The minimum Gasteiger partial charge on any atom is -0.466 e. The fraction of sp³-hybridized carbons (Fsp3) is 0.231. The summed E-state index contributed by atoms with van der Waals surface area (Å²) in [6.07, 6.45) is 0. The van der Waals surface area contributed by atoms with Crippen molar-refractivity contribution in [2.45, 2.75) is 13.8 Å². The highest BCUT2D eigenvalue weighted by atomic mass is 32.1. The van der Waals surface area contributed by atoms with Crippen LogP contribution in [0.1, 0.15) is 31.6 Å². The van der Waals surface area contributed by atoms with E-state index in [1.165, 1.54) is 18.4 Å². The Morgan fingerprint density at radius 2 is 2.11 bits per heavy atom. The fourth-order valence-corrected chi connectivity index (χ4v) is 2.47. The summed E-state index contributed by atoms with van der Waals surface area (Å²) in [7, 11) is 1.30. The van der Waals surface area contributed by atoms with Crippen molar-refractivity contribution >= 4 is 28.9 Å². The minimum absolute atomic E-state index is 0.307. The SMILES string of the molecule is COC(=O)c1sccc1NC(=O)c1cc(C)oc1C. The lowest BCUT2D eigenvalue weighted by Gasteiger charge is -2.04. The van der Waals surface area contributed by atoms with Crippen LogP contribution in [0, 0.1) is 13.8 Å². The van der Waals surface area contributed by atoms with E-state index in [9.17, 15) is 9.59 Å². The summed E-state index contributed by atoms with van der Waals surface area (Å²) in [4.78, 5) is 24.0. The van der Waals surface area contributed by atoms with Gasteiger partial charge in [-0.05, 0) is 31.4 Å². The Bertz CT molecular complexity index is 626. The molecule has 0 aliphatic carbocycles. The van der Waals surface area contributed by atoms with E-state index in [-0.39, 0.29) is 5.91 Å². The second-order valence-electron chi connectivity index (χ2n) is 3.94. The van der Waals surface area contributed by atoms with Crippen LogP contribution in [-0.2, 0) is 4.74 Å². The summed E-state index contributed by atoms with van der Waals surface area (Å²) in [5, 5.41) is 4.40. The third kappa shape index (κ3) is 2.68. The van der Waals surface area contributed by atoms with Crippen LogP contribution in [0.3, 0.4) is 0 Å². The largest absolute Gasteiger partial charge is 0.466 e. The van der Waals surface area contributed by atoms with Crippen molar-refractivity contribution in [3.8, 4) is 0 Å². The van der Waals surface area contributed by atoms with Gasteiger partial charge in [-0.1, -0.05) is 0 Å². The van der Waals surface area contributed by atoms with Crippen molar-refractivity contribution in [2.24, 2.45) is 0 Å². The molecule has 0 spiro atoms. The molecule has 0 saturated carbocycles. The summed E-state index contributed by atoms with van der Waals surface area (Å²) in [5.41, 5.74) is 0.902. The third-order valence-electron chi connectivity index (χ3n) is 2.57. The first-order chi connectivity index (χ1) is 9.02. The van der Waals surface area contributed by atoms with Gasteiger partial charge in [0.2, 0.25) is 0 Å². The molecule has 0 aromatic carbocycles. The number of esters is 1. The van der Waals surface area contributed by atoms with E-state index >= 15 is 0 Å². The number of hydrogen-bond donors (Lipinski definition) is 1. The first kappa shape index (κ1) is 13.4. The number of hydrogen-bond acceptors (Lipinski definition) is 5. The lowest BCUT2D eigenvalue weighted by atomic mass is 10.2. The second kappa shape index (κ2) is 5.27. The summed E-state index contributed by atoms with van der Waals surface area (Å²) < 4.78 is 9.96. The van der Waals surface area contributed by atoms with E-state index in [1.54, 1.807) is 31.4 Å². The van der Waals surface area contributed by atoms with Crippen molar-refractivity contribution < 1.29 is 18.7 Å². The number of nitrogens with one attached hydrogen (secondary N) is 1. The average molecular weight is 279 g/mol. The van der Waals surface area contributed by atoms with Gasteiger partial charge in [0.15, 0.2) is 0 Å². The maximum Gasteiger partial charge on any atom is 0.350 e. The highest BCUT2D eigenvalue weighted by Gasteiger charge is 2.18. The molecule has 19 heavy (non-hydrogen) atoms. The van der Waals surface area contributed by atoms with Gasteiger partial charge in [0.05, 0.1) is 18.4 Å². The van der Waals surface area contributed by atoms with E-state index in [4.69, 9.17) is 4.42 Å². The van der Waals surface area contributed by atoms with Gasteiger partial charge in [0.25, 0.3) is 5.91 Å². The normalized spacial score (nSPS) is 10.3. The molecular weight excluding hydrogens is 266 g/mol. The molecule has 2 heterocycles. The van der Waals surface area contributed by atoms with E-state index in [2.05, 4.69) is 10.1 Å². The minimum atomic E-state index is -0.467. The number of anilines is 1. The van der Waals surface area contributed by atoms with Crippen LogP contribution in [0.2, 0.25) is 0 Å². The first-order valence-corrected chi connectivity index (χ1v) is 6.45. The van der Waals surface area contributed by atoms with Crippen molar-refractivity contribution in [1.29, 1.82) is 0 Å². The molecule has 0 fully saturated rings. The monoisotopic (exact) mass is 279 g/mol. The van der Waals surface area contributed by atoms with Crippen LogP contribution in [0.15, 0.2) is 21.9 Å². The summed E-state index contributed by atoms with van der Waals surface area (Å²) in [5.74, 6) is 0.439. The van der Waals surface area contributed by atoms with Gasteiger partial charge in [0, 0.05) is 0 Å². The molecule has 0 unspecified atom stereocenters. The van der Waals surface area contributed by atoms with E-state index in [1.807, 2.05) is 0 Å². The van der Waals surface area contributed by atoms with Crippen LogP contribution >= 0.6 is 11.3 Å². The van der Waals surface area contributed by atoms with Crippen LogP contribution < -0.4 is 5.32 Å². The lowest BCUT2D eigenvalue weighted by Crippen LogP contribution is -2.14. The number of methoxy groups -OCH3 is 1. The molecule has 0 radical (unpaired) electrons. The van der Waals surface area contributed by atoms with Gasteiger partial charge >= 0.3 is 5.97 Å². The van der Waals surface area contributed by atoms with Crippen LogP contribution in [0.25, 0.3) is 0 Å². The molecule has 2 aromatic rings. The molecule has 6 heteroatoms. The standard InChI is InChI=1S/C13H13NO4S/c1-7-6-9(8(2)18-7)12(15)14-10-4-5-19-11(10)13(16)17-3/h4-6H,1-3H3,(H,14,15). The molecule has 0 saturated heterocycles. The quantitative estimate of drug-likeness (QED) is 0.877. The Labute approximate surface area is 114 Å². The molecule has 1 N–H and O–H groups in total. The number of carbonyl (C=O) groups excluding carboxylic acids is 2. The fourth-order valence-electron chi connectivity index (χ4n) is 1.70. The Morgan fingerprint density at radius 1 is 1.37 bits per heavy atom. The van der Waals surface area contributed by atoms with E-state index < -0.39 is 5.97 Å². The predicted molar refractivity (Wildman–Crippen MR) is 71.8 cm³/mol. The maximum atomic E-state index is 12.1. The highest BCUT2D eigenvalue weighted by Crippen LogP contribution is 2.24. The Hall–Kier alpha value is -2.08. The number of ether oxygens (including phenoxy) is 1. The van der Waals surface area contributed by atoms with Crippen molar-refractivity contribution in [2.75, 3.05) is 12.4 Å². The first-order valence-electron chi connectivity index (χ1n) is 5.57. The molecule has 2 aromatic heterocycles. The Kier molecular flexibility index (Phi) is 3.71. The van der Waals surface area contributed by atoms with Gasteiger partial charge in [-0.25, -0.2) is 4.79 Å². The number of amides is 1. The number of furan rings is 1. The van der Waals surface area contributed by atoms with Crippen LogP contribution in [-0.4, -0.2) is 19.0 Å². The topological polar surface area (TPSA) is 68.5 Å². The summed E-state index contributed by atoms with van der Waals surface area (Å²) in [6, 6.07) is 3.33. The molecule has 2 rings (SSSR count). The van der Waals surface area contributed by atoms with Crippen molar-refractivity contribution in [1.82, 2.24) is 0 Å². The van der Waals surface area contributed by atoms with E-state index in [0.29, 0.717) is 27.6 Å². The number of aryl methyl sites for hydroxylation is 2. The van der Waals surface area contributed by atoms with Gasteiger partial charge in [0.1, 0.15) is 16.4 Å². The van der Waals surface area contributed by atoms with Crippen molar-refractivity contribution in [3.05, 3.63) is 39.5 Å². The highest BCUT2D eigenvalue weighted by molar-refractivity contribution is 7.12. The van der Waals surface area contributed by atoms with Gasteiger partial charge in [-0.2, -0.15) is 0 Å². The zero-order chi connectivity index (χ0) is 14.0. The van der Waals surface area contributed by atoms with Gasteiger partial charge in [-0.3, -0.25) is 4.79 Å². The molecule has 5 nitrogen and oxygen atoms in total. The number of carbonyl (C=O) groups is 2. The molecular formula is C13H13NO4S. The zero-order valence-corrected chi connectivity index (χ0v) is 11.6. The molecule has 0 aliphatic rings. The lowest BCUT2D eigenvalue weighted by molar-refractivity contribution is 0.0607. The molecule has 0 aliphatic heterocycles. The van der Waals surface area contributed by atoms with Crippen LogP contribution in [0.4, 0.5) is 5.69 Å². The molecule has 0 atom stereocenters. The molecule has 1 amide bonds. The Morgan fingerprint density at radius 3 is 2.68 bits per heavy atom. The molecule has 0 bridgehead atoms. The van der Waals surface area contributed by atoms with Gasteiger partial charge < -0.3 is 14.5 Å². The summed E-state index contributed by atoms with van der Waals surface area (Å²) >= 11 is 1.22. The maximum absolute atomic E-state index is 12.1. The van der Waals surface area contributed by atoms with E-state index in [0.717, 1.165) is 0 Å². The number of thiophene rings is 1.